The molecular formula is C27H49NNa2O6S. The second-order valence-electron chi connectivity index (χ2n) is 10.3. The molecule has 2 radical (unpaired) electrons. The predicted molar refractivity (Wildman–Crippen MR) is 155 cm³/mol. The maximum atomic E-state index is 11.7. The van der Waals surface area contributed by atoms with E-state index in [-0.39, 0.29) is 64.9 Å². The van der Waals surface area contributed by atoms with Crippen molar-refractivity contribution in [1.29, 1.82) is 0 Å². The van der Waals surface area contributed by atoms with E-state index in [0.717, 1.165) is 24.2 Å². The molecule has 0 saturated carbocycles. The summed E-state index contributed by atoms with van der Waals surface area (Å²) in [5, 5.41) is 20.1. The Morgan fingerprint density at radius 1 is 0.865 bits per heavy atom. The van der Waals surface area contributed by atoms with Crippen molar-refractivity contribution in [1.82, 2.24) is 5.32 Å². The standard InChI is InChI=1S/C27H49NO6S.2Na/c1-20(2)9-6-10-21(3)11-7-12-22(4)13-8-14-23(5)15-16-35-19-24(27(32)33)28-25(29)17-34-18-26(30)31;;/h15,20-22,24H,6-14,16-19H2,1-5H3,(H,28,29)(H,30,31)(H,32,33);;/b23-15+;;/t21-,22-,24+;;/m1../s1. The van der Waals surface area contributed by atoms with Gasteiger partial charge in [-0.15, -0.1) is 0 Å². The van der Waals surface area contributed by atoms with Crippen molar-refractivity contribution in [3.05, 3.63) is 11.6 Å². The van der Waals surface area contributed by atoms with Crippen molar-refractivity contribution in [2.24, 2.45) is 17.8 Å². The zero-order chi connectivity index (χ0) is 26.6. The third kappa shape index (κ3) is 27.8. The molecule has 0 unspecified atom stereocenters. The predicted octanol–water partition coefficient (Wildman–Crippen LogP) is 5.01. The zero-order valence-electron chi connectivity index (χ0n) is 24.5. The van der Waals surface area contributed by atoms with Gasteiger partial charge in [0.1, 0.15) is 19.3 Å². The van der Waals surface area contributed by atoms with Gasteiger partial charge >= 0.3 is 11.9 Å². The van der Waals surface area contributed by atoms with Crippen LogP contribution in [0.2, 0.25) is 0 Å². The third-order valence-corrected chi connectivity index (χ3v) is 7.04. The van der Waals surface area contributed by atoms with E-state index < -0.39 is 37.1 Å². The first-order chi connectivity index (χ1) is 16.5. The molecule has 0 aromatic carbocycles. The summed E-state index contributed by atoms with van der Waals surface area (Å²) in [5.41, 5.74) is 1.31. The topological polar surface area (TPSA) is 113 Å². The normalized spacial score (nSPS) is 13.7. The van der Waals surface area contributed by atoms with Crippen LogP contribution in [0.15, 0.2) is 11.6 Å². The van der Waals surface area contributed by atoms with Gasteiger partial charge < -0.3 is 20.3 Å². The van der Waals surface area contributed by atoms with E-state index >= 15 is 0 Å². The zero-order valence-corrected chi connectivity index (χ0v) is 29.3. The molecule has 0 saturated heterocycles. The van der Waals surface area contributed by atoms with Crippen molar-refractivity contribution in [2.45, 2.75) is 98.4 Å². The van der Waals surface area contributed by atoms with E-state index in [1.165, 1.54) is 68.7 Å². The molecule has 206 valence electrons. The molecular weight excluding hydrogens is 512 g/mol. The van der Waals surface area contributed by atoms with Crippen LogP contribution in [0.5, 0.6) is 0 Å². The number of rotatable bonds is 22. The van der Waals surface area contributed by atoms with Gasteiger partial charge in [0.05, 0.1) is 0 Å². The summed E-state index contributed by atoms with van der Waals surface area (Å²) in [4.78, 5) is 33.4. The van der Waals surface area contributed by atoms with Crippen LogP contribution in [-0.4, -0.2) is 118 Å². The molecule has 0 aromatic rings. The quantitative estimate of drug-likeness (QED) is 0.0967. The van der Waals surface area contributed by atoms with Gasteiger partial charge in [-0.1, -0.05) is 84.3 Å². The molecule has 37 heavy (non-hydrogen) atoms. The Labute approximate surface area is 273 Å². The van der Waals surface area contributed by atoms with Gasteiger partial charge in [0.25, 0.3) is 0 Å². The van der Waals surface area contributed by atoms with Crippen LogP contribution in [0.25, 0.3) is 0 Å². The second-order valence-corrected chi connectivity index (χ2v) is 11.4. The largest absolute Gasteiger partial charge is 0.480 e. The van der Waals surface area contributed by atoms with Gasteiger partial charge in [0, 0.05) is 70.6 Å². The van der Waals surface area contributed by atoms with E-state index in [1.54, 1.807) is 0 Å². The van der Waals surface area contributed by atoms with Crippen LogP contribution < -0.4 is 5.32 Å². The number of allylic oxidation sites excluding steroid dienone is 1. The fourth-order valence-electron chi connectivity index (χ4n) is 3.84. The fraction of sp³-hybridized carbons (Fsp3) is 0.815. The molecule has 0 rings (SSSR count). The maximum absolute atomic E-state index is 11.7. The molecule has 3 atom stereocenters. The Morgan fingerprint density at radius 3 is 1.92 bits per heavy atom. The molecule has 0 aliphatic rings. The number of aliphatic carboxylic acids is 2. The van der Waals surface area contributed by atoms with Gasteiger partial charge in [-0.05, 0) is 37.5 Å². The number of thioether (sulfide) groups is 1. The van der Waals surface area contributed by atoms with E-state index in [4.69, 9.17) is 5.11 Å². The molecule has 0 aliphatic heterocycles. The molecule has 0 aromatic heterocycles. The van der Waals surface area contributed by atoms with Gasteiger partial charge in [-0.3, -0.25) is 4.79 Å². The van der Waals surface area contributed by atoms with Crippen molar-refractivity contribution in [3.63, 3.8) is 0 Å². The monoisotopic (exact) mass is 561 g/mol. The molecule has 0 fully saturated rings. The molecule has 0 bridgehead atoms. The molecule has 0 spiro atoms. The second kappa shape index (κ2) is 26.7. The Hall–Kier alpha value is 0.460. The third-order valence-electron chi connectivity index (χ3n) is 6.07. The number of hydrogen-bond acceptors (Lipinski definition) is 5. The van der Waals surface area contributed by atoms with Crippen LogP contribution in [0, 0.1) is 17.8 Å². The summed E-state index contributed by atoms with van der Waals surface area (Å²) in [6.07, 6.45) is 13.6. The number of hydrogen-bond donors (Lipinski definition) is 3. The summed E-state index contributed by atoms with van der Waals surface area (Å²) in [5.74, 6) is 0.373. The summed E-state index contributed by atoms with van der Waals surface area (Å²) >= 11 is 1.44. The minimum absolute atomic E-state index is 0. The molecule has 1 amide bonds. The summed E-state index contributed by atoms with van der Waals surface area (Å²) in [6, 6.07) is -1.03. The van der Waals surface area contributed by atoms with E-state index in [9.17, 15) is 19.5 Å². The molecule has 3 N–H and O–H groups in total. The smallest absolute Gasteiger partial charge is 0.329 e. The van der Waals surface area contributed by atoms with E-state index in [1.807, 2.05) is 0 Å². The van der Waals surface area contributed by atoms with Gasteiger partial charge in [0.15, 0.2) is 0 Å². The Morgan fingerprint density at radius 2 is 1.41 bits per heavy atom. The first kappa shape index (κ1) is 41.9. The number of carboxylic acid groups (broad SMARTS) is 2. The van der Waals surface area contributed by atoms with Crippen molar-refractivity contribution < 1.29 is 29.3 Å². The van der Waals surface area contributed by atoms with E-state index in [2.05, 4.69) is 50.7 Å². The number of amides is 1. The minimum atomic E-state index is -1.18. The van der Waals surface area contributed by atoms with Gasteiger partial charge in [0.2, 0.25) is 5.91 Å². The average Bonchev–Trinajstić information content (AvgIpc) is 2.75. The first-order valence-electron chi connectivity index (χ1n) is 13.1. The SMILES string of the molecule is C/C(=C\CSC[C@H](NC(=O)COCC(=O)O)C(=O)O)CCC[C@H](C)CCC[C@H](C)CCCC(C)C.[Na].[Na]. The van der Waals surface area contributed by atoms with Crippen molar-refractivity contribution in [3.8, 4) is 0 Å². The van der Waals surface area contributed by atoms with E-state index in [0.29, 0.717) is 5.75 Å². The Kier molecular flexibility index (Phi) is 30.2. The van der Waals surface area contributed by atoms with Crippen LogP contribution >= 0.6 is 11.8 Å². The van der Waals surface area contributed by atoms with Crippen LogP contribution in [0.1, 0.15) is 92.4 Å². The van der Waals surface area contributed by atoms with Crippen molar-refractivity contribution >= 4 is 88.7 Å². The summed E-state index contributed by atoms with van der Waals surface area (Å²) in [6.45, 7) is 10.4. The van der Waals surface area contributed by atoms with Crippen LogP contribution in [0.4, 0.5) is 0 Å². The van der Waals surface area contributed by atoms with Gasteiger partial charge in [-0.2, -0.15) is 11.8 Å². The van der Waals surface area contributed by atoms with Crippen LogP contribution in [-0.2, 0) is 19.1 Å². The number of carboxylic acids is 2. The van der Waals surface area contributed by atoms with Gasteiger partial charge in [-0.25, -0.2) is 9.59 Å². The fourth-order valence-corrected chi connectivity index (χ4v) is 4.84. The first-order valence-corrected chi connectivity index (χ1v) is 14.2. The Balaban J connectivity index is -0.00000578. The van der Waals surface area contributed by atoms with Crippen molar-refractivity contribution in [2.75, 3.05) is 24.7 Å². The minimum Gasteiger partial charge on any atom is -0.480 e. The average molecular weight is 562 g/mol. The summed E-state index contributed by atoms with van der Waals surface area (Å²) in [7, 11) is 0. The number of carbonyl (C=O) groups is 3. The maximum Gasteiger partial charge on any atom is 0.329 e. The molecule has 0 heterocycles. The van der Waals surface area contributed by atoms with Crippen LogP contribution in [0.3, 0.4) is 0 Å². The molecule has 0 aliphatic carbocycles. The number of ether oxygens (including phenoxy) is 1. The number of nitrogens with one attached hydrogen (secondary N) is 1. The number of carbonyl (C=O) groups excluding carboxylic acids is 1. The molecule has 10 heteroatoms. The molecule has 7 nitrogen and oxygen atoms in total. The summed E-state index contributed by atoms with van der Waals surface area (Å²) < 4.78 is 4.68. The Bertz CT molecular complexity index is 648.